The van der Waals surface area contributed by atoms with Crippen molar-refractivity contribution in [2.24, 2.45) is 4.99 Å². The number of hydrogen-bond donors (Lipinski definition) is 0. The number of rotatable bonds is 2. The number of amides is 3. The lowest BCUT2D eigenvalue weighted by molar-refractivity contribution is -0.111. The number of imide groups is 1. The van der Waals surface area contributed by atoms with E-state index in [2.05, 4.69) is 4.99 Å². The van der Waals surface area contributed by atoms with Crippen LogP contribution in [-0.4, -0.2) is 29.7 Å². The van der Waals surface area contributed by atoms with Gasteiger partial charge in [0.1, 0.15) is 4.49 Å². The quantitative estimate of drug-likeness (QED) is 0.616. The topological polar surface area (TPSA) is 53.0 Å². The number of anilines is 1. The number of hydrogen-bond acceptors (Lipinski definition) is 3. The van der Waals surface area contributed by atoms with Crippen LogP contribution in [0.4, 0.5) is 10.5 Å². The van der Waals surface area contributed by atoms with E-state index in [1.807, 2.05) is 0 Å². The van der Waals surface area contributed by atoms with Gasteiger partial charge in [-0.15, -0.1) is 0 Å². The molecule has 0 unspecified atom stereocenters. The molecule has 1 saturated heterocycles. The van der Waals surface area contributed by atoms with Crippen LogP contribution in [0, 0.1) is 0 Å². The molecule has 0 spiro atoms. The molecule has 0 aliphatic carbocycles. The fourth-order valence-corrected chi connectivity index (χ4v) is 1.80. The summed E-state index contributed by atoms with van der Waals surface area (Å²) in [5.41, 5.74) is 0.441. The van der Waals surface area contributed by atoms with Gasteiger partial charge in [-0.05, 0) is 12.1 Å². The third-order valence-corrected chi connectivity index (χ3v) is 3.39. The molecule has 20 heavy (non-hydrogen) atoms. The van der Waals surface area contributed by atoms with Crippen molar-refractivity contribution in [3.05, 3.63) is 40.0 Å². The van der Waals surface area contributed by atoms with Crippen LogP contribution in [0.5, 0.6) is 0 Å². The standard InChI is InChI=1S/C12H8Cl3N3O2/c1-17-10(16-9(15)8(13)14)11(19)18(12(17)20)7-5-3-2-4-6-7/h2-6H,1H3. The zero-order valence-corrected chi connectivity index (χ0v) is 12.4. The van der Waals surface area contributed by atoms with Crippen LogP contribution >= 0.6 is 34.8 Å². The fraction of sp³-hybridized carbons (Fsp3) is 0.0833. The van der Waals surface area contributed by atoms with Crippen LogP contribution < -0.4 is 4.90 Å². The Bertz CT molecular complexity index is 624. The van der Waals surface area contributed by atoms with Gasteiger partial charge in [0.25, 0.3) is 0 Å². The van der Waals surface area contributed by atoms with Gasteiger partial charge in [-0.25, -0.2) is 14.7 Å². The highest BCUT2D eigenvalue weighted by atomic mass is 35.5. The van der Waals surface area contributed by atoms with E-state index in [1.165, 1.54) is 7.05 Å². The predicted molar refractivity (Wildman–Crippen MR) is 79.1 cm³/mol. The van der Waals surface area contributed by atoms with E-state index >= 15 is 0 Å². The van der Waals surface area contributed by atoms with E-state index in [1.54, 1.807) is 30.3 Å². The lowest BCUT2D eigenvalue weighted by Crippen LogP contribution is -2.31. The van der Waals surface area contributed by atoms with Gasteiger partial charge >= 0.3 is 11.9 Å². The maximum absolute atomic E-state index is 12.3. The molecule has 8 heteroatoms. The minimum Gasteiger partial charge on any atom is -0.276 e. The molecule has 0 N–H and O–H groups in total. The Morgan fingerprint density at radius 1 is 1.10 bits per heavy atom. The van der Waals surface area contributed by atoms with E-state index in [4.69, 9.17) is 34.8 Å². The van der Waals surface area contributed by atoms with Crippen molar-refractivity contribution in [3.8, 4) is 0 Å². The summed E-state index contributed by atoms with van der Waals surface area (Å²) < 4.78 is -0.286. The molecule has 3 amide bonds. The molecule has 0 aromatic heterocycles. The average Bonchev–Trinajstić information content (AvgIpc) is 2.63. The maximum atomic E-state index is 12.3. The SMILES string of the molecule is CN1C(=O)N(c2ccccc2)C(=O)C1=NC(Cl)=C(Cl)Cl. The van der Waals surface area contributed by atoms with Gasteiger partial charge in [-0.1, -0.05) is 53.0 Å². The summed E-state index contributed by atoms with van der Waals surface area (Å²) in [6.07, 6.45) is 0. The summed E-state index contributed by atoms with van der Waals surface area (Å²) in [5, 5.41) is -0.258. The predicted octanol–water partition coefficient (Wildman–Crippen LogP) is 3.33. The highest BCUT2D eigenvalue weighted by molar-refractivity contribution is 6.60. The Hall–Kier alpha value is -1.56. The second kappa shape index (κ2) is 5.83. The number of halogens is 3. The third-order valence-electron chi connectivity index (χ3n) is 2.56. The number of benzene rings is 1. The number of aliphatic imine (C=N–C) groups is 1. The number of amidine groups is 1. The van der Waals surface area contributed by atoms with E-state index < -0.39 is 11.9 Å². The zero-order valence-electron chi connectivity index (χ0n) is 10.2. The third kappa shape index (κ3) is 2.65. The van der Waals surface area contributed by atoms with E-state index in [-0.39, 0.29) is 15.5 Å². The van der Waals surface area contributed by atoms with Crippen LogP contribution in [0.2, 0.25) is 0 Å². The van der Waals surface area contributed by atoms with E-state index in [0.717, 1.165) is 9.80 Å². The average molecular weight is 333 g/mol. The molecule has 1 aliphatic rings. The van der Waals surface area contributed by atoms with Crippen LogP contribution in [0.1, 0.15) is 0 Å². The van der Waals surface area contributed by atoms with Gasteiger partial charge in [0.2, 0.25) is 5.84 Å². The molecule has 2 rings (SSSR count). The second-order valence-corrected chi connectivity index (χ2v) is 5.11. The summed E-state index contributed by atoms with van der Waals surface area (Å²) in [4.78, 5) is 30.2. The molecule has 104 valence electrons. The van der Waals surface area contributed by atoms with E-state index in [0.29, 0.717) is 5.69 Å². The molecule has 0 bridgehead atoms. The van der Waals surface area contributed by atoms with Crippen molar-refractivity contribution in [2.75, 3.05) is 11.9 Å². The first-order valence-corrected chi connectivity index (χ1v) is 6.53. The summed E-state index contributed by atoms with van der Waals surface area (Å²) >= 11 is 16.6. The molecular weight excluding hydrogens is 325 g/mol. The monoisotopic (exact) mass is 331 g/mol. The molecule has 1 aliphatic heterocycles. The number of carbonyl (C=O) groups is 2. The highest BCUT2D eigenvalue weighted by Gasteiger charge is 2.41. The van der Waals surface area contributed by atoms with Gasteiger partial charge in [0.15, 0.2) is 5.16 Å². The number of nitrogens with zero attached hydrogens (tertiary/aromatic N) is 3. The van der Waals surface area contributed by atoms with Gasteiger partial charge in [0.05, 0.1) is 5.69 Å². The first-order chi connectivity index (χ1) is 9.43. The summed E-state index contributed by atoms with van der Waals surface area (Å²) in [6.45, 7) is 0. The molecule has 5 nitrogen and oxygen atoms in total. The Balaban J connectivity index is 2.44. The van der Waals surface area contributed by atoms with Crippen molar-refractivity contribution in [1.29, 1.82) is 0 Å². The highest BCUT2D eigenvalue weighted by Crippen LogP contribution is 2.24. The number of carbonyl (C=O) groups excluding carboxylic acids is 2. The van der Waals surface area contributed by atoms with Crippen molar-refractivity contribution in [3.63, 3.8) is 0 Å². The lowest BCUT2D eigenvalue weighted by atomic mass is 10.3. The largest absolute Gasteiger partial charge is 0.337 e. The zero-order chi connectivity index (χ0) is 14.9. The summed E-state index contributed by atoms with van der Waals surface area (Å²) in [7, 11) is 1.41. The van der Waals surface area contributed by atoms with Gasteiger partial charge in [0, 0.05) is 7.05 Å². The molecular formula is C12H8Cl3N3O2. The van der Waals surface area contributed by atoms with Crippen molar-refractivity contribution in [2.45, 2.75) is 0 Å². The molecule has 0 saturated carbocycles. The molecule has 1 heterocycles. The molecule has 1 aromatic carbocycles. The van der Waals surface area contributed by atoms with Gasteiger partial charge in [-0.3, -0.25) is 9.69 Å². The minimum atomic E-state index is -0.601. The Kier molecular flexibility index (Phi) is 4.32. The summed E-state index contributed by atoms with van der Waals surface area (Å²) in [5.74, 6) is -0.751. The first kappa shape index (κ1) is 14.8. The second-order valence-electron chi connectivity index (χ2n) is 3.80. The molecule has 0 radical (unpaired) electrons. The summed E-state index contributed by atoms with van der Waals surface area (Å²) in [6, 6.07) is 7.95. The number of para-hydroxylation sites is 1. The van der Waals surface area contributed by atoms with Gasteiger partial charge < -0.3 is 0 Å². The number of urea groups is 1. The normalized spacial score (nSPS) is 17.1. The number of likely N-dealkylation sites (N-methyl/N-ethyl adjacent to an activating group) is 1. The first-order valence-electron chi connectivity index (χ1n) is 5.40. The van der Waals surface area contributed by atoms with Crippen molar-refractivity contribution >= 4 is 58.3 Å². The Morgan fingerprint density at radius 3 is 2.25 bits per heavy atom. The minimum absolute atomic E-state index is 0.150. The molecule has 0 atom stereocenters. The van der Waals surface area contributed by atoms with Crippen LogP contribution in [0.15, 0.2) is 45.0 Å². The fourth-order valence-electron chi connectivity index (χ4n) is 1.63. The Morgan fingerprint density at radius 2 is 1.70 bits per heavy atom. The van der Waals surface area contributed by atoms with Crippen LogP contribution in [-0.2, 0) is 4.79 Å². The lowest BCUT2D eigenvalue weighted by Gasteiger charge is -2.12. The molecule has 1 fully saturated rings. The van der Waals surface area contributed by atoms with Crippen molar-refractivity contribution < 1.29 is 9.59 Å². The Labute approximate surface area is 130 Å². The van der Waals surface area contributed by atoms with Crippen LogP contribution in [0.3, 0.4) is 0 Å². The smallest absolute Gasteiger partial charge is 0.276 e. The van der Waals surface area contributed by atoms with Crippen molar-refractivity contribution in [1.82, 2.24) is 4.90 Å². The van der Waals surface area contributed by atoms with E-state index in [9.17, 15) is 9.59 Å². The maximum Gasteiger partial charge on any atom is 0.337 e. The van der Waals surface area contributed by atoms with Crippen LogP contribution in [0.25, 0.3) is 0 Å². The molecule has 1 aromatic rings. The van der Waals surface area contributed by atoms with Gasteiger partial charge in [-0.2, -0.15) is 0 Å².